The molecule has 2 N–H and O–H groups in total. The van der Waals surface area contributed by atoms with E-state index >= 15 is 0 Å². The summed E-state index contributed by atoms with van der Waals surface area (Å²) in [4.78, 5) is 28.7. The first-order chi connectivity index (χ1) is 13.9. The lowest BCUT2D eigenvalue weighted by Gasteiger charge is -2.11. The van der Waals surface area contributed by atoms with Crippen LogP contribution in [-0.4, -0.2) is 33.2 Å². The molecule has 2 amide bonds. The van der Waals surface area contributed by atoms with Gasteiger partial charge in [-0.25, -0.2) is 4.98 Å². The molecule has 3 rings (SSSR count). The number of carbonyl (C=O) groups excluding carboxylic acids is 2. The third kappa shape index (κ3) is 5.74. The Morgan fingerprint density at radius 3 is 2.79 bits per heavy atom. The van der Waals surface area contributed by atoms with E-state index in [0.29, 0.717) is 23.0 Å². The molecule has 0 spiro atoms. The van der Waals surface area contributed by atoms with Gasteiger partial charge in [-0.05, 0) is 51.1 Å². The molecule has 0 bridgehead atoms. The van der Waals surface area contributed by atoms with Crippen molar-refractivity contribution < 1.29 is 14.0 Å². The van der Waals surface area contributed by atoms with Crippen molar-refractivity contribution in [2.75, 3.05) is 5.75 Å². The van der Waals surface area contributed by atoms with Crippen LogP contribution in [0.5, 0.6) is 0 Å². The number of nitrogens with zero attached hydrogens (tertiary/aromatic N) is 2. The van der Waals surface area contributed by atoms with Gasteiger partial charge in [-0.2, -0.15) is 0 Å². The lowest BCUT2D eigenvalue weighted by Crippen LogP contribution is -2.31. The summed E-state index contributed by atoms with van der Waals surface area (Å²) in [6.07, 6.45) is 3.49. The van der Waals surface area contributed by atoms with E-state index in [4.69, 9.17) is 4.42 Å². The van der Waals surface area contributed by atoms with Gasteiger partial charge < -0.3 is 15.1 Å². The summed E-state index contributed by atoms with van der Waals surface area (Å²) in [5, 5.41) is 6.41. The molecular weight excluding hydrogens is 388 g/mol. The van der Waals surface area contributed by atoms with Gasteiger partial charge in [0.05, 0.1) is 12.3 Å². The smallest absolute Gasteiger partial charge is 0.251 e. The number of aromatic nitrogens is 2. The Balaban J connectivity index is 1.67. The molecule has 0 radical (unpaired) electrons. The minimum atomic E-state index is -0.188. The number of benzene rings is 1. The van der Waals surface area contributed by atoms with Crippen LogP contribution in [0.2, 0.25) is 0 Å². The number of thioether (sulfide) groups is 1. The average molecular weight is 413 g/mol. The predicted octanol–water partition coefficient (Wildman–Crippen LogP) is 3.32. The third-order valence-corrected chi connectivity index (χ3v) is 4.96. The van der Waals surface area contributed by atoms with Gasteiger partial charge in [0.1, 0.15) is 11.5 Å². The van der Waals surface area contributed by atoms with Crippen molar-refractivity contribution in [2.45, 2.75) is 38.5 Å². The van der Waals surface area contributed by atoms with E-state index in [2.05, 4.69) is 15.6 Å². The summed E-state index contributed by atoms with van der Waals surface area (Å²) < 4.78 is 7.34. The summed E-state index contributed by atoms with van der Waals surface area (Å²) in [6, 6.07) is 11.1. The van der Waals surface area contributed by atoms with Crippen LogP contribution in [0.3, 0.4) is 0 Å². The van der Waals surface area contributed by atoms with Crippen molar-refractivity contribution in [1.29, 1.82) is 0 Å². The van der Waals surface area contributed by atoms with Crippen LogP contribution in [0.4, 0.5) is 0 Å². The first kappa shape index (κ1) is 20.7. The first-order valence-corrected chi connectivity index (χ1v) is 10.3. The predicted molar refractivity (Wildman–Crippen MR) is 112 cm³/mol. The van der Waals surface area contributed by atoms with E-state index in [-0.39, 0.29) is 23.6 Å². The van der Waals surface area contributed by atoms with Gasteiger partial charge >= 0.3 is 0 Å². The molecule has 2 aromatic heterocycles. The van der Waals surface area contributed by atoms with E-state index in [9.17, 15) is 9.59 Å². The van der Waals surface area contributed by atoms with Crippen LogP contribution < -0.4 is 10.6 Å². The van der Waals surface area contributed by atoms with Crippen LogP contribution in [0.15, 0.2) is 58.4 Å². The van der Waals surface area contributed by atoms with Crippen molar-refractivity contribution in [3.8, 4) is 5.69 Å². The number of aryl methyl sites for hydroxylation is 1. The van der Waals surface area contributed by atoms with Gasteiger partial charge in [0, 0.05) is 29.7 Å². The number of rotatable bonds is 8. The highest BCUT2D eigenvalue weighted by Crippen LogP contribution is 2.21. The highest BCUT2D eigenvalue weighted by molar-refractivity contribution is 7.99. The van der Waals surface area contributed by atoms with E-state index in [0.717, 1.165) is 11.4 Å². The quantitative estimate of drug-likeness (QED) is 0.554. The fourth-order valence-corrected chi connectivity index (χ4v) is 3.52. The number of amides is 2. The topological polar surface area (TPSA) is 89.2 Å². The molecule has 7 nitrogen and oxygen atoms in total. The van der Waals surface area contributed by atoms with Crippen LogP contribution >= 0.6 is 11.8 Å². The lowest BCUT2D eigenvalue weighted by atomic mass is 10.2. The normalized spacial score (nSPS) is 10.9. The molecule has 0 aliphatic rings. The van der Waals surface area contributed by atoms with Crippen molar-refractivity contribution in [2.24, 2.45) is 0 Å². The Bertz CT molecular complexity index is 993. The summed E-state index contributed by atoms with van der Waals surface area (Å²) >= 11 is 1.35. The zero-order valence-corrected chi connectivity index (χ0v) is 17.5. The van der Waals surface area contributed by atoms with Crippen LogP contribution in [0.25, 0.3) is 5.69 Å². The summed E-state index contributed by atoms with van der Waals surface area (Å²) in [5.74, 6) is 1.56. The van der Waals surface area contributed by atoms with Gasteiger partial charge in [0.2, 0.25) is 5.91 Å². The molecule has 0 fully saturated rings. The van der Waals surface area contributed by atoms with Crippen LogP contribution in [-0.2, 0) is 11.3 Å². The van der Waals surface area contributed by atoms with Gasteiger partial charge in [0.25, 0.3) is 5.91 Å². The van der Waals surface area contributed by atoms with Gasteiger partial charge in [-0.3, -0.25) is 14.2 Å². The number of hydrogen-bond donors (Lipinski definition) is 2. The average Bonchev–Trinajstić information content (AvgIpc) is 3.32. The molecule has 8 heteroatoms. The van der Waals surface area contributed by atoms with Crippen molar-refractivity contribution in [3.05, 3.63) is 65.9 Å². The summed E-state index contributed by atoms with van der Waals surface area (Å²) in [5.41, 5.74) is 1.34. The second-order valence-electron chi connectivity index (χ2n) is 6.84. The van der Waals surface area contributed by atoms with E-state index < -0.39 is 0 Å². The first-order valence-electron chi connectivity index (χ1n) is 9.32. The minimum Gasteiger partial charge on any atom is -0.465 e. The third-order valence-electron chi connectivity index (χ3n) is 3.99. The van der Waals surface area contributed by atoms with Crippen LogP contribution in [0, 0.1) is 6.92 Å². The largest absolute Gasteiger partial charge is 0.465 e. The Morgan fingerprint density at radius 1 is 1.24 bits per heavy atom. The standard InChI is InChI=1S/C21H24N4O3S/c1-14(2)24-19(26)13-29-21-22-9-10-25(21)17-6-4-5-16(11-17)20(27)23-12-18-8-7-15(3)28-18/h4-11,14H,12-13H2,1-3H3,(H,23,27)(H,24,26). The maximum Gasteiger partial charge on any atom is 0.251 e. The Hall–Kier alpha value is -3.00. The molecule has 2 heterocycles. The monoisotopic (exact) mass is 412 g/mol. The van der Waals surface area contributed by atoms with E-state index in [1.165, 1.54) is 11.8 Å². The molecule has 0 aliphatic carbocycles. The zero-order valence-electron chi connectivity index (χ0n) is 16.6. The molecule has 0 saturated heterocycles. The molecule has 3 aromatic rings. The molecular formula is C21H24N4O3S. The van der Waals surface area contributed by atoms with E-state index in [1.807, 2.05) is 55.8 Å². The number of imidazole rings is 1. The molecule has 0 aliphatic heterocycles. The fourth-order valence-electron chi connectivity index (χ4n) is 2.73. The lowest BCUT2D eigenvalue weighted by molar-refractivity contribution is -0.119. The van der Waals surface area contributed by atoms with E-state index in [1.54, 1.807) is 18.3 Å². The molecule has 0 atom stereocenters. The fraction of sp³-hybridized carbons (Fsp3) is 0.286. The number of carbonyl (C=O) groups is 2. The maximum atomic E-state index is 12.5. The van der Waals surface area contributed by atoms with Crippen molar-refractivity contribution in [1.82, 2.24) is 20.2 Å². The van der Waals surface area contributed by atoms with Gasteiger partial charge in [-0.15, -0.1) is 0 Å². The number of nitrogens with one attached hydrogen (secondary N) is 2. The maximum absolute atomic E-state index is 12.5. The minimum absolute atomic E-state index is 0.0409. The van der Waals surface area contributed by atoms with Crippen molar-refractivity contribution >= 4 is 23.6 Å². The Labute approximate surface area is 173 Å². The summed E-state index contributed by atoms with van der Waals surface area (Å²) in [7, 11) is 0. The molecule has 152 valence electrons. The second-order valence-corrected chi connectivity index (χ2v) is 7.78. The van der Waals surface area contributed by atoms with Gasteiger partial charge in [-0.1, -0.05) is 17.8 Å². The Morgan fingerprint density at radius 2 is 2.07 bits per heavy atom. The molecule has 0 saturated carbocycles. The van der Waals surface area contributed by atoms with Crippen molar-refractivity contribution in [3.63, 3.8) is 0 Å². The molecule has 29 heavy (non-hydrogen) atoms. The zero-order chi connectivity index (χ0) is 20.8. The number of hydrogen-bond acceptors (Lipinski definition) is 5. The molecule has 1 aromatic carbocycles. The summed E-state index contributed by atoms with van der Waals surface area (Å²) in [6.45, 7) is 6.04. The SMILES string of the molecule is Cc1ccc(CNC(=O)c2cccc(-n3ccnc3SCC(=O)NC(C)C)c2)o1. The second kappa shape index (κ2) is 9.47. The van der Waals surface area contributed by atoms with Crippen LogP contribution in [0.1, 0.15) is 35.7 Å². The molecule has 0 unspecified atom stereocenters. The highest BCUT2D eigenvalue weighted by atomic mass is 32.2. The Kier molecular flexibility index (Phi) is 6.77. The highest BCUT2D eigenvalue weighted by Gasteiger charge is 2.12. The van der Waals surface area contributed by atoms with Gasteiger partial charge in [0.15, 0.2) is 5.16 Å². The number of furan rings is 1.